The molecule has 13 heavy (non-hydrogen) atoms. The van der Waals surface area contributed by atoms with E-state index in [1.807, 2.05) is 19.9 Å². The summed E-state index contributed by atoms with van der Waals surface area (Å²) < 4.78 is 5.26. The van der Waals surface area contributed by atoms with E-state index in [1.54, 1.807) is 12.1 Å². The molecule has 0 fully saturated rings. The maximum Gasteiger partial charge on any atom is 0.161 e. The Morgan fingerprint density at radius 3 is 2.77 bits per heavy atom. The van der Waals surface area contributed by atoms with Crippen LogP contribution in [0, 0.1) is 6.92 Å². The molecule has 0 aromatic heterocycles. The van der Waals surface area contributed by atoms with Crippen molar-refractivity contribution >= 4 is 6.08 Å². The van der Waals surface area contributed by atoms with Crippen LogP contribution >= 0.6 is 0 Å². The number of benzene rings is 1. The highest BCUT2D eigenvalue weighted by molar-refractivity contribution is 5.57. The summed E-state index contributed by atoms with van der Waals surface area (Å²) in [6.07, 6.45) is 1.73. The van der Waals surface area contributed by atoms with Gasteiger partial charge in [0.15, 0.2) is 11.5 Å². The highest BCUT2D eigenvalue weighted by Crippen LogP contribution is 2.31. The Morgan fingerprint density at radius 2 is 2.23 bits per heavy atom. The lowest BCUT2D eigenvalue weighted by atomic mass is 10.1. The van der Waals surface area contributed by atoms with Crippen molar-refractivity contribution < 1.29 is 9.84 Å². The van der Waals surface area contributed by atoms with Crippen LogP contribution in [0.5, 0.6) is 11.5 Å². The second-order valence-corrected chi connectivity index (χ2v) is 2.82. The third kappa shape index (κ3) is 2.02. The molecule has 0 aliphatic carbocycles. The predicted octanol–water partition coefficient (Wildman–Crippen LogP) is 2.74. The van der Waals surface area contributed by atoms with Gasteiger partial charge in [-0.3, -0.25) is 0 Å². The molecule has 0 heterocycles. The van der Waals surface area contributed by atoms with Gasteiger partial charge in [0.25, 0.3) is 0 Å². The Balaban J connectivity index is 3.16. The number of aryl methyl sites for hydroxylation is 1. The second-order valence-electron chi connectivity index (χ2n) is 2.82. The standard InChI is InChI=1S/C11H14O2/c1-4-9-6-8(3)11(12)10(7-9)13-5-2/h4,6-7,12H,1,5H2,2-3H3. The Hall–Kier alpha value is -1.44. The van der Waals surface area contributed by atoms with E-state index in [0.717, 1.165) is 11.1 Å². The van der Waals surface area contributed by atoms with E-state index < -0.39 is 0 Å². The van der Waals surface area contributed by atoms with Gasteiger partial charge in [0.05, 0.1) is 6.61 Å². The van der Waals surface area contributed by atoms with Crippen LogP contribution in [0.3, 0.4) is 0 Å². The summed E-state index contributed by atoms with van der Waals surface area (Å²) in [5.41, 5.74) is 1.76. The quantitative estimate of drug-likeness (QED) is 0.771. The predicted molar refractivity (Wildman–Crippen MR) is 54.1 cm³/mol. The van der Waals surface area contributed by atoms with Crippen LogP contribution < -0.4 is 4.74 Å². The Labute approximate surface area is 78.5 Å². The Morgan fingerprint density at radius 1 is 1.54 bits per heavy atom. The molecule has 0 amide bonds. The number of phenols is 1. The van der Waals surface area contributed by atoms with Crippen molar-refractivity contribution in [1.82, 2.24) is 0 Å². The zero-order chi connectivity index (χ0) is 9.84. The number of hydrogen-bond acceptors (Lipinski definition) is 2. The SMILES string of the molecule is C=Cc1cc(C)c(O)c(OCC)c1. The van der Waals surface area contributed by atoms with Gasteiger partial charge in [-0.25, -0.2) is 0 Å². The molecule has 1 aromatic carbocycles. The third-order valence-corrected chi connectivity index (χ3v) is 1.82. The molecule has 2 heteroatoms. The van der Waals surface area contributed by atoms with E-state index in [0.29, 0.717) is 12.4 Å². The summed E-state index contributed by atoms with van der Waals surface area (Å²) in [5.74, 6) is 0.741. The Bertz CT molecular complexity index is 316. The zero-order valence-corrected chi connectivity index (χ0v) is 8.00. The first-order valence-electron chi connectivity index (χ1n) is 4.28. The summed E-state index contributed by atoms with van der Waals surface area (Å²) in [5, 5.41) is 9.59. The lowest BCUT2D eigenvalue weighted by molar-refractivity contribution is 0.317. The van der Waals surface area contributed by atoms with Gasteiger partial charge in [0, 0.05) is 0 Å². The fraction of sp³-hybridized carbons (Fsp3) is 0.273. The van der Waals surface area contributed by atoms with Gasteiger partial charge in [-0.1, -0.05) is 12.7 Å². The molecule has 0 unspecified atom stereocenters. The third-order valence-electron chi connectivity index (χ3n) is 1.82. The van der Waals surface area contributed by atoms with Gasteiger partial charge in [-0.2, -0.15) is 0 Å². The molecule has 70 valence electrons. The minimum Gasteiger partial charge on any atom is -0.504 e. The van der Waals surface area contributed by atoms with E-state index >= 15 is 0 Å². The van der Waals surface area contributed by atoms with E-state index in [4.69, 9.17) is 4.74 Å². The minimum absolute atomic E-state index is 0.215. The number of hydrogen-bond donors (Lipinski definition) is 1. The van der Waals surface area contributed by atoms with Crippen LogP contribution in [0.2, 0.25) is 0 Å². The van der Waals surface area contributed by atoms with Crippen LogP contribution in [0.4, 0.5) is 0 Å². The molecule has 0 aliphatic rings. The molecular weight excluding hydrogens is 164 g/mol. The smallest absolute Gasteiger partial charge is 0.161 e. The van der Waals surface area contributed by atoms with Crippen molar-refractivity contribution in [2.24, 2.45) is 0 Å². The molecule has 0 atom stereocenters. The fourth-order valence-electron chi connectivity index (χ4n) is 1.16. The molecule has 0 spiro atoms. The molecule has 0 radical (unpaired) electrons. The first kappa shape index (κ1) is 9.65. The molecule has 1 aromatic rings. The highest BCUT2D eigenvalue weighted by atomic mass is 16.5. The average Bonchev–Trinajstić information content (AvgIpc) is 2.13. The molecule has 1 N–H and O–H groups in total. The van der Waals surface area contributed by atoms with Crippen molar-refractivity contribution in [3.8, 4) is 11.5 Å². The lowest BCUT2D eigenvalue weighted by Gasteiger charge is -2.08. The van der Waals surface area contributed by atoms with E-state index in [-0.39, 0.29) is 5.75 Å². The van der Waals surface area contributed by atoms with Gasteiger partial charge in [0.1, 0.15) is 0 Å². The molecular formula is C11H14O2. The maximum atomic E-state index is 9.59. The van der Waals surface area contributed by atoms with Crippen LogP contribution in [0.25, 0.3) is 6.08 Å². The first-order valence-corrected chi connectivity index (χ1v) is 4.28. The Kier molecular flexibility index (Phi) is 2.96. The number of aromatic hydroxyl groups is 1. The van der Waals surface area contributed by atoms with Crippen LogP contribution in [0.15, 0.2) is 18.7 Å². The normalized spacial score (nSPS) is 9.69. The number of phenolic OH excluding ortho intramolecular Hbond substituents is 1. The first-order chi connectivity index (χ1) is 6.19. The van der Waals surface area contributed by atoms with E-state index in [1.165, 1.54) is 0 Å². The molecule has 0 bridgehead atoms. The number of ether oxygens (including phenoxy) is 1. The summed E-state index contributed by atoms with van der Waals surface area (Å²) in [6, 6.07) is 3.64. The molecule has 0 saturated carbocycles. The molecule has 0 saturated heterocycles. The monoisotopic (exact) mass is 178 g/mol. The summed E-state index contributed by atoms with van der Waals surface area (Å²) in [4.78, 5) is 0. The van der Waals surface area contributed by atoms with Gasteiger partial charge in [-0.15, -0.1) is 0 Å². The van der Waals surface area contributed by atoms with Gasteiger partial charge in [-0.05, 0) is 37.1 Å². The van der Waals surface area contributed by atoms with Crippen molar-refractivity contribution in [2.45, 2.75) is 13.8 Å². The fourth-order valence-corrected chi connectivity index (χ4v) is 1.16. The zero-order valence-electron chi connectivity index (χ0n) is 8.00. The average molecular weight is 178 g/mol. The number of rotatable bonds is 3. The van der Waals surface area contributed by atoms with Gasteiger partial charge >= 0.3 is 0 Å². The second kappa shape index (κ2) is 3.99. The van der Waals surface area contributed by atoms with Crippen molar-refractivity contribution in [3.05, 3.63) is 29.8 Å². The van der Waals surface area contributed by atoms with Crippen molar-refractivity contribution in [1.29, 1.82) is 0 Å². The molecule has 0 aliphatic heterocycles. The molecule has 1 rings (SSSR count). The molecule has 2 nitrogen and oxygen atoms in total. The lowest BCUT2D eigenvalue weighted by Crippen LogP contribution is -1.93. The largest absolute Gasteiger partial charge is 0.504 e. The van der Waals surface area contributed by atoms with Crippen molar-refractivity contribution in [3.63, 3.8) is 0 Å². The van der Waals surface area contributed by atoms with Crippen LogP contribution in [0.1, 0.15) is 18.1 Å². The van der Waals surface area contributed by atoms with Crippen molar-refractivity contribution in [2.75, 3.05) is 6.61 Å². The summed E-state index contributed by atoms with van der Waals surface area (Å²) in [6.45, 7) is 7.94. The summed E-state index contributed by atoms with van der Waals surface area (Å²) >= 11 is 0. The van der Waals surface area contributed by atoms with E-state index in [2.05, 4.69) is 6.58 Å². The summed E-state index contributed by atoms with van der Waals surface area (Å²) in [7, 11) is 0. The van der Waals surface area contributed by atoms with E-state index in [9.17, 15) is 5.11 Å². The highest BCUT2D eigenvalue weighted by Gasteiger charge is 2.05. The van der Waals surface area contributed by atoms with Gasteiger partial charge < -0.3 is 9.84 Å². The van der Waals surface area contributed by atoms with Crippen LogP contribution in [-0.2, 0) is 0 Å². The van der Waals surface area contributed by atoms with Gasteiger partial charge in [0.2, 0.25) is 0 Å². The minimum atomic E-state index is 0.215. The maximum absolute atomic E-state index is 9.59. The van der Waals surface area contributed by atoms with Crippen LogP contribution in [-0.4, -0.2) is 11.7 Å². The topological polar surface area (TPSA) is 29.5 Å².